The van der Waals surface area contributed by atoms with Crippen LogP contribution in [0.3, 0.4) is 0 Å². The zero-order valence-corrected chi connectivity index (χ0v) is 17.3. The van der Waals surface area contributed by atoms with Gasteiger partial charge in [0.1, 0.15) is 0 Å². The molecule has 5 nitrogen and oxygen atoms in total. The van der Waals surface area contributed by atoms with Crippen LogP contribution in [0.25, 0.3) is 6.08 Å². The van der Waals surface area contributed by atoms with Gasteiger partial charge in [0.25, 0.3) is 0 Å². The van der Waals surface area contributed by atoms with Gasteiger partial charge in [-0.15, -0.1) is 11.8 Å². The first-order valence-corrected chi connectivity index (χ1v) is 10.8. The highest BCUT2D eigenvalue weighted by molar-refractivity contribution is 7.99. The van der Waals surface area contributed by atoms with Crippen LogP contribution in [0.4, 0.5) is 5.69 Å². The lowest BCUT2D eigenvalue weighted by Crippen LogP contribution is -2.48. The maximum atomic E-state index is 12.5. The zero-order valence-electron chi connectivity index (χ0n) is 16.5. The monoisotopic (exact) mass is 406 g/mol. The summed E-state index contributed by atoms with van der Waals surface area (Å²) in [5, 5.41) is 11.8. The third kappa shape index (κ3) is 7.06. The number of nitrogens with one attached hydrogen (secondary N) is 1. The normalized spacial score (nSPS) is 15.3. The number of hydrogen-bond acceptors (Lipinski definition) is 5. The molecule has 0 saturated carbocycles. The molecule has 2 aromatic carbocycles. The first-order chi connectivity index (χ1) is 14.2. The van der Waals surface area contributed by atoms with E-state index in [1.165, 1.54) is 17.3 Å². The molecule has 0 aliphatic carbocycles. The fourth-order valence-corrected chi connectivity index (χ4v) is 3.90. The fraction of sp³-hybridized carbons (Fsp3) is 0.304. The summed E-state index contributed by atoms with van der Waals surface area (Å²) in [6.45, 7) is 5.01. The number of carbonyl (C=O) groups excluding carboxylic acids is 1. The molecule has 1 saturated heterocycles. The Kier molecular flexibility index (Phi) is 8.32. The number of thioether (sulfide) groups is 1. The molecule has 6 heteroatoms. The summed E-state index contributed by atoms with van der Waals surface area (Å²) in [5.41, 5.74) is 2.00. The Morgan fingerprint density at radius 1 is 1.03 bits per heavy atom. The number of nitrogens with zero attached hydrogens (tertiary/aromatic N) is 3. The lowest BCUT2D eigenvalue weighted by Gasteiger charge is -2.33. The molecule has 1 fully saturated rings. The third-order valence-electron chi connectivity index (χ3n) is 4.76. The van der Waals surface area contributed by atoms with Crippen LogP contribution >= 0.6 is 11.8 Å². The van der Waals surface area contributed by atoms with Crippen molar-refractivity contribution in [1.82, 2.24) is 9.80 Å². The molecular formula is C23H26N4OS. The predicted molar refractivity (Wildman–Crippen MR) is 120 cm³/mol. The number of hydrogen-bond donors (Lipinski definition) is 1. The second-order valence-corrected chi connectivity index (χ2v) is 7.90. The highest BCUT2D eigenvalue weighted by Gasteiger charge is 2.18. The first kappa shape index (κ1) is 21.1. The quantitative estimate of drug-likeness (QED) is 0.679. The van der Waals surface area contributed by atoms with E-state index in [-0.39, 0.29) is 5.91 Å². The van der Waals surface area contributed by atoms with Gasteiger partial charge in [0.15, 0.2) is 0 Å². The van der Waals surface area contributed by atoms with Crippen molar-refractivity contribution in [1.29, 1.82) is 5.26 Å². The molecule has 1 aliphatic rings. The number of para-hydroxylation sites is 1. The largest absolute Gasteiger partial charge is 0.324 e. The van der Waals surface area contributed by atoms with Gasteiger partial charge in [-0.05, 0) is 17.7 Å². The Morgan fingerprint density at radius 2 is 1.72 bits per heavy atom. The molecule has 0 spiro atoms. The number of nitriles is 1. The van der Waals surface area contributed by atoms with Crippen LogP contribution in [-0.4, -0.2) is 60.7 Å². The van der Waals surface area contributed by atoms with Gasteiger partial charge in [-0.1, -0.05) is 54.6 Å². The van der Waals surface area contributed by atoms with Crippen molar-refractivity contribution in [2.75, 3.05) is 50.3 Å². The smallest absolute Gasteiger partial charge is 0.238 e. The molecule has 0 aromatic heterocycles. The Bertz CT molecular complexity index is 855. The second kappa shape index (κ2) is 11.4. The molecule has 1 N–H and O–H groups in total. The Hall–Kier alpha value is -2.59. The summed E-state index contributed by atoms with van der Waals surface area (Å²) in [5.74, 6) is 0.362. The van der Waals surface area contributed by atoms with E-state index in [1.54, 1.807) is 0 Å². The SMILES string of the molecule is N#CCSc1ccccc1NC(=O)CN1CCN(CC=Cc2ccccc2)CC1. The number of anilines is 1. The Labute approximate surface area is 177 Å². The number of piperazine rings is 1. The van der Waals surface area contributed by atoms with Crippen LogP contribution in [0, 0.1) is 11.3 Å². The molecule has 0 unspecified atom stereocenters. The maximum Gasteiger partial charge on any atom is 0.238 e. The van der Waals surface area contributed by atoms with E-state index in [0.29, 0.717) is 12.3 Å². The summed E-state index contributed by atoms with van der Waals surface area (Å²) in [7, 11) is 0. The highest BCUT2D eigenvalue weighted by Crippen LogP contribution is 2.26. The molecular weight excluding hydrogens is 380 g/mol. The number of carbonyl (C=O) groups is 1. The standard InChI is InChI=1S/C23H26N4OS/c24-12-18-29-22-11-5-4-10-21(22)25-23(28)19-27-16-14-26(15-17-27)13-6-9-20-7-2-1-3-8-20/h1-11H,13-19H2,(H,25,28). The minimum absolute atomic E-state index is 0.00701. The van der Waals surface area contributed by atoms with Crippen molar-refractivity contribution in [3.05, 3.63) is 66.2 Å². The molecule has 1 amide bonds. The minimum atomic E-state index is -0.00701. The van der Waals surface area contributed by atoms with Gasteiger partial charge in [-0.3, -0.25) is 14.6 Å². The zero-order chi connectivity index (χ0) is 20.3. The van der Waals surface area contributed by atoms with Gasteiger partial charge in [0, 0.05) is 37.6 Å². The Morgan fingerprint density at radius 3 is 2.48 bits per heavy atom. The average Bonchev–Trinajstić information content (AvgIpc) is 2.75. The number of amides is 1. The molecule has 0 bridgehead atoms. The summed E-state index contributed by atoms with van der Waals surface area (Å²) >= 11 is 1.44. The minimum Gasteiger partial charge on any atom is -0.324 e. The molecule has 0 radical (unpaired) electrons. The van der Waals surface area contributed by atoms with E-state index >= 15 is 0 Å². The topological polar surface area (TPSA) is 59.4 Å². The predicted octanol–water partition coefficient (Wildman–Crippen LogP) is 3.57. The van der Waals surface area contributed by atoms with Crippen LogP contribution in [-0.2, 0) is 4.79 Å². The summed E-state index contributed by atoms with van der Waals surface area (Å²) in [6.07, 6.45) is 4.36. The van der Waals surface area contributed by atoms with Crippen molar-refractivity contribution >= 4 is 29.4 Å². The van der Waals surface area contributed by atoms with E-state index in [4.69, 9.17) is 5.26 Å². The number of rotatable bonds is 8. The van der Waals surface area contributed by atoms with Crippen LogP contribution in [0.2, 0.25) is 0 Å². The third-order valence-corrected chi connectivity index (χ3v) is 5.70. The van der Waals surface area contributed by atoms with Crippen molar-refractivity contribution in [3.63, 3.8) is 0 Å². The molecule has 0 atom stereocenters. The fourth-order valence-electron chi connectivity index (χ4n) is 3.23. The lowest BCUT2D eigenvalue weighted by molar-refractivity contribution is -0.117. The van der Waals surface area contributed by atoms with Crippen LogP contribution in [0.15, 0.2) is 65.6 Å². The second-order valence-electron chi connectivity index (χ2n) is 6.88. The van der Waals surface area contributed by atoms with Gasteiger partial charge in [0.05, 0.1) is 24.1 Å². The van der Waals surface area contributed by atoms with Crippen molar-refractivity contribution < 1.29 is 4.79 Å². The molecule has 1 aliphatic heterocycles. The number of benzene rings is 2. The van der Waals surface area contributed by atoms with E-state index in [0.717, 1.165) is 43.3 Å². The van der Waals surface area contributed by atoms with Crippen LogP contribution < -0.4 is 5.32 Å². The van der Waals surface area contributed by atoms with Crippen LogP contribution in [0.1, 0.15) is 5.56 Å². The highest BCUT2D eigenvalue weighted by atomic mass is 32.2. The Balaban J connectivity index is 1.41. The van der Waals surface area contributed by atoms with Crippen molar-refractivity contribution in [2.45, 2.75) is 4.90 Å². The van der Waals surface area contributed by atoms with Gasteiger partial charge < -0.3 is 5.32 Å². The van der Waals surface area contributed by atoms with Crippen molar-refractivity contribution in [2.24, 2.45) is 0 Å². The summed E-state index contributed by atoms with van der Waals surface area (Å²) in [4.78, 5) is 18.0. The van der Waals surface area contributed by atoms with Gasteiger partial charge in [0.2, 0.25) is 5.91 Å². The van der Waals surface area contributed by atoms with Gasteiger partial charge in [-0.25, -0.2) is 0 Å². The maximum absolute atomic E-state index is 12.5. The van der Waals surface area contributed by atoms with E-state index in [9.17, 15) is 4.79 Å². The lowest BCUT2D eigenvalue weighted by atomic mass is 10.2. The molecule has 1 heterocycles. The van der Waals surface area contributed by atoms with E-state index in [1.807, 2.05) is 42.5 Å². The molecule has 150 valence electrons. The van der Waals surface area contributed by atoms with Gasteiger partial charge in [-0.2, -0.15) is 5.26 Å². The van der Waals surface area contributed by atoms with Crippen molar-refractivity contribution in [3.8, 4) is 6.07 Å². The van der Waals surface area contributed by atoms with Gasteiger partial charge >= 0.3 is 0 Å². The summed E-state index contributed by atoms with van der Waals surface area (Å²) in [6, 6.07) is 20.1. The molecule has 2 aromatic rings. The van der Waals surface area contributed by atoms with E-state index in [2.05, 4.69) is 45.5 Å². The van der Waals surface area contributed by atoms with E-state index < -0.39 is 0 Å². The van der Waals surface area contributed by atoms with Crippen LogP contribution in [0.5, 0.6) is 0 Å². The average molecular weight is 407 g/mol. The summed E-state index contributed by atoms with van der Waals surface area (Å²) < 4.78 is 0. The molecule has 29 heavy (non-hydrogen) atoms. The first-order valence-electron chi connectivity index (χ1n) is 9.79. The molecule has 3 rings (SSSR count).